The summed E-state index contributed by atoms with van der Waals surface area (Å²) in [6, 6.07) is 1.24. The molecule has 2 fully saturated rings. The molecule has 0 saturated carbocycles. The number of aromatic nitrogens is 4. The van der Waals surface area contributed by atoms with Gasteiger partial charge in [-0.25, -0.2) is 14.4 Å². The molecule has 2 saturated heterocycles. The molecule has 10 nitrogen and oxygen atoms in total. The van der Waals surface area contributed by atoms with Crippen molar-refractivity contribution in [1.29, 1.82) is 0 Å². The zero-order valence-electron chi connectivity index (χ0n) is 19.3. The second kappa shape index (κ2) is 9.15. The minimum absolute atomic E-state index is 0.178. The van der Waals surface area contributed by atoms with Gasteiger partial charge in [-0.2, -0.15) is 4.98 Å². The fraction of sp³-hybridized carbons (Fsp3) is 0.478. The number of fused-ring (bicyclic) bond motifs is 1. The highest BCUT2D eigenvalue weighted by Crippen LogP contribution is 2.30. The van der Waals surface area contributed by atoms with Gasteiger partial charge < -0.3 is 29.4 Å². The number of rotatable bonds is 5. The third-order valence-corrected chi connectivity index (χ3v) is 6.20. The Morgan fingerprint density at radius 3 is 2.94 bits per heavy atom. The first-order valence-electron chi connectivity index (χ1n) is 11.5. The number of ether oxygens (including phenoxy) is 2. The molecule has 3 aromatic rings. The molecule has 5 rings (SSSR count). The Balaban J connectivity index is 1.38. The van der Waals surface area contributed by atoms with Gasteiger partial charge in [-0.3, -0.25) is 4.79 Å². The quantitative estimate of drug-likeness (QED) is 0.586. The van der Waals surface area contributed by atoms with E-state index in [1.165, 1.54) is 12.3 Å². The Labute approximate surface area is 196 Å². The number of amides is 1. The summed E-state index contributed by atoms with van der Waals surface area (Å²) in [5.41, 5.74) is 1.15. The lowest BCUT2D eigenvalue weighted by Gasteiger charge is -2.45. The van der Waals surface area contributed by atoms with E-state index < -0.39 is 11.7 Å². The summed E-state index contributed by atoms with van der Waals surface area (Å²) >= 11 is 0. The molecule has 34 heavy (non-hydrogen) atoms. The first kappa shape index (κ1) is 22.5. The van der Waals surface area contributed by atoms with Gasteiger partial charge in [0, 0.05) is 31.2 Å². The first-order valence-corrected chi connectivity index (χ1v) is 11.5. The lowest BCUT2D eigenvalue weighted by atomic mass is 9.90. The van der Waals surface area contributed by atoms with Crippen LogP contribution in [-0.4, -0.2) is 70.3 Å². The average Bonchev–Trinajstić information content (AvgIpc) is 3.20. The van der Waals surface area contributed by atoms with E-state index in [-0.39, 0.29) is 22.7 Å². The van der Waals surface area contributed by atoms with Crippen LogP contribution in [0.2, 0.25) is 0 Å². The van der Waals surface area contributed by atoms with Gasteiger partial charge in [0.1, 0.15) is 5.56 Å². The lowest BCUT2D eigenvalue weighted by Crippen LogP contribution is -2.56. The number of nitrogens with zero attached hydrogens (tertiary/aromatic N) is 5. The highest BCUT2D eigenvalue weighted by molar-refractivity contribution is 6.05. The number of imidazole rings is 1. The molecule has 3 aromatic heterocycles. The van der Waals surface area contributed by atoms with Gasteiger partial charge >= 0.3 is 0 Å². The van der Waals surface area contributed by atoms with Gasteiger partial charge in [0.2, 0.25) is 11.8 Å². The molecule has 0 radical (unpaired) electrons. The van der Waals surface area contributed by atoms with Gasteiger partial charge in [0.15, 0.2) is 11.5 Å². The molecule has 5 heterocycles. The normalized spacial score (nSPS) is 17.8. The monoisotopic (exact) mass is 469 g/mol. The molecule has 0 atom stereocenters. The van der Waals surface area contributed by atoms with Crippen molar-refractivity contribution >= 4 is 23.2 Å². The number of morpholine rings is 1. The number of nitrogens with one attached hydrogen (secondary N) is 2. The van der Waals surface area contributed by atoms with Crippen LogP contribution < -0.4 is 20.3 Å². The molecule has 2 N–H and O–H groups in total. The van der Waals surface area contributed by atoms with Crippen LogP contribution in [0.15, 0.2) is 24.7 Å². The zero-order chi connectivity index (χ0) is 23.7. The summed E-state index contributed by atoms with van der Waals surface area (Å²) < 4.78 is 27.8. The number of carbonyl (C=O) groups excluding carboxylic acids is 1. The van der Waals surface area contributed by atoms with Crippen molar-refractivity contribution in [2.45, 2.75) is 32.3 Å². The van der Waals surface area contributed by atoms with E-state index in [2.05, 4.69) is 30.5 Å². The number of halogens is 1. The van der Waals surface area contributed by atoms with Gasteiger partial charge in [-0.15, -0.1) is 0 Å². The molecule has 2 aliphatic heterocycles. The van der Waals surface area contributed by atoms with Crippen molar-refractivity contribution < 1.29 is 18.7 Å². The molecule has 0 bridgehead atoms. The summed E-state index contributed by atoms with van der Waals surface area (Å²) in [7, 11) is 0. The number of aryl methyl sites for hydroxylation is 1. The maximum atomic E-state index is 14.4. The lowest BCUT2D eigenvalue weighted by molar-refractivity contribution is -0.0742. The number of carbonyl (C=O) groups is 1. The van der Waals surface area contributed by atoms with Crippen molar-refractivity contribution in [3.8, 4) is 5.88 Å². The van der Waals surface area contributed by atoms with E-state index in [4.69, 9.17) is 9.47 Å². The molecule has 1 spiro atoms. The van der Waals surface area contributed by atoms with E-state index in [0.717, 1.165) is 25.9 Å². The second-order valence-electron chi connectivity index (χ2n) is 8.67. The summed E-state index contributed by atoms with van der Waals surface area (Å²) in [4.78, 5) is 28.3. The fourth-order valence-electron chi connectivity index (χ4n) is 4.56. The Bertz CT molecular complexity index is 1200. The molecule has 2 aliphatic rings. The summed E-state index contributed by atoms with van der Waals surface area (Å²) in [6.45, 7) is 7.73. The van der Waals surface area contributed by atoms with E-state index in [9.17, 15) is 9.18 Å². The number of piperidine rings is 1. The van der Waals surface area contributed by atoms with Crippen molar-refractivity contribution in [3.63, 3.8) is 0 Å². The maximum Gasteiger partial charge on any atom is 0.262 e. The Morgan fingerprint density at radius 2 is 2.15 bits per heavy atom. The number of anilines is 2. The van der Waals surface area contributed by atoms with Gasteiger partial charge in [-0.1, -0.05) is 0 Å². The third-order valence-electron chi connectivity index (χ3n) is 6.20. The fourth-order valence-corrected chi connectivity index (χ4v) is 4.56. The number of hydrogen-bond donors (Lipinski definition) is 2. The van der Waals surface area contributed by atoms with Gasteiger partial charge in [-0.05, 0) is 39.8 Å². The predicted octanol–water partition coefficient (Wildman–Crippen LogP) is 2.18. The largest absolute Gasteiger partial charge is 0.477 e. The topological polar surface area (TPSA) is 106 Å². The minimum Gasteiger partial charge on any atom is -0.477 e. The summed E-state index contributed by atoms with van der Waals surface area (Å²) in [6.07, 6.45) is 6.62. The highest BCUT2D eigenvalue weighted by atomic mass is 19.1. The minimum atomic E-state index is -0.526. The molecule has 0 unspecified atom stereocenters. The van der Waals surface area contributed by atoms with Crippen molar-refractivity contribution in [2.24, 2.45) is 0 Å². The van der Waals surface area contributed by atoms with E-state index in [1.54, 1.807) is 23.7 Å². The predicted molar refractivity (Wildman–Crippen MR) is 124 cm³/mol. The zero-order valence-corrected chi connectivity index (χ0v) is 19.3. The molecular formula is C23H28FN7O3. The average molecular weight is 470 g/mol. The summed E-state index contributed by atoms with van der Waals surface area (Å²) in [5.74, 6) is -0.317. The highest BCUT2D eigenvalue weighted by Gasteiger charge is 2.38. The summed E-state index contributed by atoms with van der Waals surface area (Å²) in [5, 5.41) is 6.09. The second-order valence-corrected chi connectivity index (χ2v) is 8.67. The van der Waals surface area contributed by atoms with Crippen molar-refractivity contribution in [2.75, 3.05) is 49.6 Å². The first-order chi connectivity index (χ1) is 16.5. The Kier molecular flexibility index (Phi) is 6.05. The van der Waals surface area contributed by atoms with Crippen LogP contribution in [0.3, 0.4) is 0 Å². The van der Waals surface area contributed by atoms with Crippen LogP contribution in [-0.2, 0) is 4.74 Å². The van der Waals surface area contributed by atoms with Crippen LogP contribution >= 0.6 is 0 Å². The van der Waals surface area contributed by atoms with E-state index in [0.29, 0.717) is 43.6 Å². The molecule has 0 aromatic carbocycles. The Hall–Kier alpha value is -3.31. The standard InChI is InChI=1S/C23H28FN7O3/c1-3-33-21-17(20(32)28-16-10-18(24)19-27-15(2)12-31(19)13-16)11-26-22(29-21)30-8-9-34-23(14-30)4-6-25-7-5-23/h10-13,25H,3-9,14H2,1-2H3,(H,28,32). The van der Waals surface area contributed by atoms with Gasteiger partial charge in [0.05, 0.1) is 36.7 Å². The van der Waals surface area contributed by atoms with Crippen molar-refractivity contribution in [3.05, 3.63) is 41.7 Å². The van der Waals surface area contributed by atoms with Crippen LogP contribution in [0.4, 0.5) is 16.0 Å². The molecule has 180 valence electrons. The van der Waals surface area contributed by atoms with E-state index >= 15 is 0 Å². The Morgan fingerprint density at radius 1 is 1.32 bits per heavy atom. The molecule has 0 aliphatic carbocycles. The number of pyridine rings is 1. The molecule has 11 heteroatoms. The molecule has 1 amide bonds. The van der Waals surface area contributed by atoms with Crippen LogP contribution in [0.25, 0.3) is 5.65 Å². The van der Waals surface area contributed by atoms with E-state index in [1.807, 2.05) is 6.92 Å². The van der Waals surface area contributed by atoms with Gasteiger partial charge in [0.25, 0.3) is 5.91 Å². The van der Waals surface area contributed by atoms with Crippen LogP contribution in [0, 0.1) is 12.7 Å². The maximum absolute atomic E-state index is 14.4. The third kappa shape index (κ3) is 4.40. The van der Waals surface area contributed by atoms with Crippen LogP contribution in [0.1, 0.15) is 35.8 Å². The SMILES string of the molecule is CCOc1nc(N2CCOC3(CCNCC3)C2)ncc1C(=O)Nc1cc(F)c2nc(C)cn2c1. The smallest absolute Gasteiger partial charge is 0.262 e. The van der Waals surface area contributed by atoms with Crippen LogP contribution in [0.5, 0.6) is 5.88 Å². The number of hydrogen-bond acceptors (Lipinski definition) is 8. The molecular weight excluding hydrogens is 441 g/mol. The van der Waals surface area contributed by atoms with Crippen molar-refractivity contribution in [1.82, 2.24) is 24.7 Å².